The average molecular weight is 492 g/mol. The molecule has 0 aliphatic rings. The molecule has 178 valence electrons. The molecule has 2 N–H and O–H groups in total. The van der Waals surface area contributed by atoms with Gasteiger partial charge in [-0.2, -0.15) is 13.2 Å². The summed E-state index contributed by atoms with van der Waals surface area (Å²) in [5.74, 6) is -1.51. The van der Waals surface area contributed by atoms with Gasteiger partial charge in [0.25, 0.3) is 11.8 Å². The molecule has 0 aliphatic carbocycles. The normalized spacial score (nSPS) is 11.0. The number of methoxy groups -OCH3 is 2. The minimum absolute atomic E-state index is 0.0245. The average Bonchev–Trinajstić information content (AvgIpc) is 3.13. The number of hydrogen-bond acceptors (Lipinski definition) is 6. The molecule has 3 aromatic rings. The third-order valence-electron chi connectivity index (χ3n) is 4.77. The smallest absolute Gasteiger partial charge is 0.416 e. The van der Waals surface area contributed by atoms with Crippen LogP contribution in [0.25, 0.3) is 0 Å². The maximum absolute atomic E-state index is 13.0. The topological polar surface area (TPSA) is 93.7 Å². The molecule has 0 bridgehead atoms. The molecule has 0 atom stereocenters. The number of carbonyl (C=O) groups is 3. The highest BCUT2D eigenvalue weighted by Crippen LogP contribution is 2.35. The van der Waals surface area contributed by atoms with Crippen molar-refractivity contribution in [3.05, 3.63) is 75.7 Å². The molecule has 1 aromatic heterocycles. The van der Waals surface area contributed by atoms with Crippen LogP contribution < -0.4 is 15.4 Å². The van der Waals surface area contributed by atoms with Crippen molar-refractivity contribution in [3.8, 4) is 5.75 Å². The van der Waals surface area contributed by atoms with Crippen LogP contribution in [0.4, 0.5) is 23.9 Å². The Morgan fingerprint density at radius 2 is 1.62 bits per heavy atom. The minimum Gasteiger partial charge on any atom is -0.497 e. The Labute approximate surface area is 196 Å². The highest BCUT2D eigenvalue weighted by molar-refractivity contribution is 7.19. The first-order valence-corrected chi connectivity index (χ1v) is 10.5. The molecule has 1 heterocycles. The van der Waals surface area contributed by atoms with Crippen molar-refractivity contribution in [3.63, 3.8) is 0 Å². The summed E-state index contributed by atoms with van der Waals surface area (Å²) in [5, 5.41) is 5.07. The number of amides is 2. The number of benzene rings is 2. The Balaban J connectivity index is 1.91. The molecule has 2 amide bonds. The summed E-state index contributed by atoms with van der Waals surface area (Å²) in [7, 11) is 2.63. The third kappa shape index (κ3) is 5.37. The van der Waals surface area contributed by atoms with Crippen LogP contribution in [-0.4, -0.2) is 32.0 Å². The Morgan fingerprint density at radius 1 is 0.941 bits per heavy atom. The summed E-state index contributed by atoms with van der Waals surface area (Å²) >= 11 is 0.806. The predicted molar refractivity (Wildman–Crippen MR) is 121 cm³/mol. The van der Waals surface area contributed by atoms with E-state index in [2.05, 4.69) is 10.6 Å². The monoisotopic (exact) mass is 492 g/mol. The van der Waals surface area contributed by atoms with Gasteiger partial charge in [-0.3, -0.25) is 9.59 Å². The van der Waals surface area contributed by atoms with Crippen LogP contribution in [0.15, 0.2) is 48.5 Å². The quantitative estimate of drug-likeness (QED) is 0.451. The van der Waals surface area contributed by atoms with Crippen LogP contribution in [-0.2, 0) is 10.9 Å². The molecule has 0 saturated heterocycles. The minimum atomic E-state index is -4.57. The van der Waals surface area contributed by atoms with Crippen molar-refractivity contribution in [2.24, 2.45) is 0 Å². The summed E-state index contributed by atoms with van der Waals surface area (Å²) in [6, 6.07) is 10.4. The van der Waals surface area contributed by atoms with Crippen LogP contribution in [0, 0.1) is 6.92 Å². The van der Waals surface area contributed by atoms with Gasteiger partial charge in [-0.25, -0.2) is 4.79 Å². The van der Waals surface area contributed by atoms with E-state index in [1.807, 2.05) is 0 Å². The van der Waals surface area contributed by atoms with Crippen molar-refractivity contribution >= 4 is 39.8 Å². The van der Waals surface area contributed by atoms with Gasteiger partial charge in [0.2, 0.25) is 0 Å². The van der Waals surface area contributed by atoms with Gasteiger partial charge < -0.3 is 20.1 Å². The predicted octanol–water partition coefficient (Wildman–Crippen LogP) is 5.38. The van der Waals surface area contributed by atoms with Crippen LogP contribution >= 0.6 is 11.3 Å². The second-order valence-corrected chi connectivity index (χ2v) is 7.99. The first-order chi connectivity index (χ1) is 16.0. The largest absolute Gasteiger partial charge is 0.497 e. The molecule has 0 spiro atoms. The van der Waals surface area contributed by atoms with Crippen molar-refractivity contribution in [2.45, 2.75) is 13.1 Å². The zero-order valence-electron chi connectivity index (χ0n) is 18.2. The van der Waals surface area contributed by atoms with Crippen LogP contribution in [0.3, 0.4) is 0 Å². The number of halogens is 3. The van der Waals surface area contributed by atoms with Gasteiger partial charge in [-0.1, -0.05) is 6.07 Å². The van der Waals surface area contributed by atoms with E-state index >= 15 is 0 Å². The molecule has 11 heteroatoms. The molecule has 2 aromatic carbocycles. The zero-order chi connectivity index (χ0) is 25.0. The summed E-state index contributed by atoms with van der Waals surface area (Å²) in [6.45, 7) is 1.48. The number of nitrogens with one attached hydrogen (secondary N) is 2. The summed E-state index contributed by atoms with van der Waals surface area (Å²) in [4.78, 5) is 37.9. The molecule has 0 fully saturated rings. The number of anilines is 2. The number of rotatable bonds is 6. The summed E-state index contributed by atoms with van der Waals surface area (Å²) in [5.41, 5.74) is -0.528. The molecule has 0 radical (unpaired) electrons. The van der Waals surface area contributed by atoms with E-state index < -0.39 is 29.5 Å². The van der Waals surface area contributed by atoms with Crippen molar-refractivity contribution in [1.82, 2.24) is 0 Å². The molecule has 0 aliphatic heterocycles. The molecule has 3 rings (SSSR count). The van der Waals surface area contributed by atoms with Gasteiger partial charge in [0.05, 0.1) is 30.2 Å². The van der Waals surface area contributed by atoms with Crippen molar-refractivity contribution in [2.75, 3.05) is 24.9 Å². The molecule has 34 heavy (non-hydrogen) atoms. The molecular weight excluding hydrogens is 473 g/mol. The van der Waals surface area contributed by atoms with Crippen LogP contribution in [0.5, 0.6) is 5.75 Å². The van der Waals surface area contributed by atoms with E-state index in [-0.39, 0.29) is 32.3 Å². The van der Waals surface area contributed by atoms with Gasteiger partial charge in [0.1, 0.15) is 10.8 Å². The van der Waals surface area contributed by atoms with Gasteiger partial charge in [-0.05, 0) is 55.0 Å². The van der Waals surface area contributed by atoms with Gasteiger partial charge in [0, 0.05) is 11.3 Å². The Hall–Kier alpha value is -3.86. The van der Waals surface area contributed by atoms with E-state index in [1.54, 1.807) is 12.1 Å². The maximum atomic E-state index is 13.0. The first kappa shape index (κ1) is 24.8. The zero-order valence-corrected chi connectivity index (χ0v) is 19.0. The van der Waals surface area contributed by atoms with Gasteiger partial charge >= 0.3 is 12.1 Å². The molecule has 0 saturated carbocycles. The number of esters is 1. The Bertz CT molecular complexity index is 1240. The summed E-state index contributed by atoms with van der Waals surface area (Å²) < 4.78 is 48.8. The molecule has 7 nitrogen and oxygen atoms in total. The number of thiophene rings is 1. The number of alkyl halides is 3. The van der Waals surface area contributed by atoms with Crippen LogP contribution in [0.1, 0.15) is 41.5 Å². The lowest BCUT2D eigenvalue weighted by molar-refractivity contribution is -0.137. The van der Waals surface area contributed by atoms with Gasteiger partial charge in [0.15, 0.2) is 0 Å². The number of carbonyl (C=O) groups excluding carboxylic acids is 3. The lowest BCUT2D eigenvalue weighted by Gasteiger charge is -2.09. The SMILES string of the molecule is COC(=O)c1c(NC(=O)c2ccc(OC)cc2)sc(C(=O)Nc2cccc(C(F)(F)F)c2)c1C. The fraction of sp³-hybridized carbons (Fsp3) is 0.174. The summed E-state index contributed by atoms with van der Waals surface area (Å²) in [6.07, 6.45) is -4.57. The number of hydrogen-bond donors (Lipinski definition) is 2. The van der Waals surface area contributed by atoms with E-state index in [4.69, 9.17) is 9.47 Å². The Morgan fingerprint density at radius 3 is 2.21 bits per heavy atom. The first-order valence-electron chi connectivity index (χ1n) is 9.71. The van der Waals surface area contributed by atoms with Gasteiger partial charge in [-0.15, -0.1) is 11.3 Å². The van der Waals surface area contributed by atoms with Crippen LogP contribution in [0.2, 0.25) is 0 Å². The fourth-order valence-electron chi connectivity index (χ4n) is 3.04. The second-order valence-electron chi connectivity index (χ2n) is 6.97. The molecule has 0 unspecified atom stereocenters. The lowest BCUT2D eigenvalue weighted by atomic mass is 10.1. The highest BCUT2D eigenvalue weighted by atomic mass is 32.1. The van der Waals surface area contributed by atoms with E-state index in [1.165, 1.54) is 38.3 Å². The van der Waals surface area contributed by atoms with Crippen molar-refractivity contribution < 1.29 is 37.0 Å². The second kappa shape index (κ2) is 9.96. The fourth-order valence-corrected chi connectivity index (χ4v) is 4.13. The number of ether oxygens (including phenoxy) is 2. The molecular formula is C23H19F3N2O5S. The van der Waals surface area contributed by atoms with E-state index in [0.717, 1.165) is 30.6 Å². The van der Waals surface area contributed by atoms with E-state index in [9.17, 15) is 27.6 Å². The van der Waals surface area contributed by atoms with E-state index in [0.29, 0.717) is 5.75 Å². The lowest BCUT2D eigenvalue weighted by Crippen LogP contribution is -2.14. The maximum Gasteiger partial charge on any atom is 0.416 e. The Kier molecular flexibility index (Phi) is 7.26. The third-order valence-corrected chi connectivity index (χ3v) is 5.98. The van der Waals surface area contributed by atoms with Crippen molar-refractivity contribution in [1.29, 1.82) is 0 Å². The highest BCUT2D eigenvalue weighted by Gasteiger charge is 2.31. The standard InChI is InChI=1S/C23H19F3N2O5S/c1-12-17(22(31)33-3)21(28-19(29)13-7-9-16(32-2)10-8-13)34-18(12)20(30)27-15-6-4-5-14(11-15)23(24,25)26/h4-11H,1-3H3,(H,27,30)(H,28,29).